The minimum atomic E-state index is -0.980. The molecule has 2 aromatic heterocycles. The average Bonchev–Trinajstić information content (AvgIpc) is 3.08. The minimum absolute atomic E-state index is 0.0723. The van der Waals surface area contributed by atoms with E-state index in [1.165, 1.54) is 27.8 Å². The molecule has 2 amide bonds. The molecule has 0 saturated carbocycles. The SMILES string of the molecule is O=C(Nc1ccc(F)c(-n2cc3cc(N4CCC45COC5)cnc3n2)c1)N1CC(F)C1. The predicted octanol–water partition coefficient (Wildman–Crippen LogP) is 2.72. The van der Waals surface area contributed by atoms with E-state index in [9.17, 15) is 13.6 Å². The highest BCUT2D eigenvalue weighted by Crippen LogP contribution is 2.41. The molecule has 0 aliphatic carbocycles. The highest BCUT2D eigenvalue weighted by Gasteiger charge is 2.50. The number of ether oxygens (including phenoxy) is 1. The van der Waals surface area contributed by atoms with Crippen LogP contribution in [0.2, 0.25) is 0 Å². The van der Waals surface area contributed by atoms with Crippen LogP contribution in [0.3, 0.4) is 0 Å². The minimum Gasteiger partial charge on any atom is -0.376 e. The molecule has 3 aliphatic heterocycles. The number of likely N-dealkylation sites (tertiary alicyclic amines) is 1. The van der Waals surface area contributed by atoms with Crippen molar-refractivity contribution >= 4 is 28.4 Å². The smallest absolute Gasteiger partial charge is 0.322 e. The molecule has 0 atom stereocenters. The molecular weight excluding hydrogens is 406 g/mol. The number of pyridine rings is 1. The fourth-order valence-corrected chi connectivity index (χ4v) is 4.31. The second kappa shape index (κ2) is 6.61. The Morgan fingerprint density at radius 2 is 2.10 bits per heavy atom. The van der Waals surface area contributed by atoms with E-state index >= 15 is 0 Å². The standard InChI is InChI=1S/C21H20F2N6O2/c22-14-9-27(10-14)20(30)25-15-1-2-17(23)18(6-15)29-8-13-5-16(7-24-19(13)26-29)28-4-3-21(28)11-31-12-21/h1-2,5-8,14H,3-4,9-12H2,(H,25,30). The molecule has 3 saturated heterocycles. The highest BCUT2D eigenvalue weighted by molar-refractivity contribution is 5.90. The maximum Gasteiger partial charge on any atom is 0.322 e. The summed E-state index contributed by atoms with van der Waals surface area (Å²) in [5, 5.41) is 7.87. The Bertz CT molecular complexity index is 1180. The second-order valence-electron chi connectivity index (χ2n) is 8.40. The number of halogens is 2. The predicted molar refractivity (Wildman–Crippen MR) is 110 cm³/mol. The van der Waals surface area contributed by atoms with Crippen molar-refractivity contribution in [3.8, 4) is 5.69 Å². The zero-order valence-electron chi connectivity index (χ0n) is 16.6. The van der Waals surface area contributed by atoms with Gasteiger partial charge in [0.2, 0.25) is 0 Å². The summed E-state index contributed by atoms with van der Waals surface area (Å²) >= 11 is 0. The number of fused-ring (bicyclic) bond motifs is 1. The van der Waals surface area contributed by atoms with Crippen LogP contribution in [0.5, 0.6) is 0 Å². The van der Waals surface area contributed by atoms with Gasteiger partial charge in [-0.15, -0.1) is 5.10 Å². The largest absolute Gasteiger partial charge is 0.376 e. The topological polar surface area (TPSA) is 75.5 Å². The third-order valence-electron chi connectivity index (χ3n) is 6.34. The molecule has 5 heterocycles. The summed E-state index contributed by atoms with van der Waals surface area (Å²) in [5.41, 5.74) is 2.21. The first kappa shape index (κ1) is 18.5. The van der Waals surface area contributed by atoms with Gasteiger partial charge in [0, 0.05) is 23.8 Å². The van der Waals surface area contributed by atoms with E-state index < -0.39 is 18.0 Å². The van der Waals surface area contributed by atoms with Crippen molar-refractivity contribution in [1.29, 1.82) is 0 Å². The lowest BCUT2D eigenvalue weighted by atomic mass is 9.82. The fourth-order valence-electron chi connectivity index (χ4n) is 4.31. The molecule has 0 radical (unpaired) electrons. The number of anilines is 2. The number of urea groups is 1. The number of nitrogens with zero attached hydrogens (tertiary/aromatic N) is 5. The normalized spacial score (nSPS) is 19.8. The summed E-state index contributed by atoms with van der Waals surface area (Å²) in [4.78, 5) is 20.3. The number of carbonyl (C=O) groups excluding carboxylic acids is 1. The van der Waals surface area contributed by atoms with Crippen LogP contribution in [-0.4, -0.2) is 70.3 Å². The van der Waals surface area contributed by atoms with Crippen molar-refractivity contribution in [3.63, 3.8) is 0 Å². The molecule has 0 bridgehead atoms. The van der Waals surface area contributed by atoms with Crippen LogP contribution in [0.15, 0.2) is 36.7 Å². The lowest BCUT2D eigenvalue weighted by Gasteiger charge is -2.58. The number of rotatable bonds is 3. The van der Waals surface area contributed by atoms with E-state index in [1.54, 1.807) is 12.4 Å². The van der Waals surface area contributed by atoms with Gasteiger partial charge in [-0.3, -0.25) is 0 Å². The van der Waals surface area contributed by atoms with Gasteiger partial charge in [-0.25, -0.2) is 23.2 Å². The maximum atomic E-state index is 14.6. The molecule has 10 heteroatoms. The van der Waals surface area contributed by atoms with Crippen LogP contribution in [0.4, 0.5) is 25.0 Å². The number of hydrogen-bond donors (Lipinski definition) is 1. The van der Waals surface area contributed by atoms with Gasteiger partial charge in [0.1, 0.15) is 17.7 Å². The van der Waals surface area contributed by atoms with Gasteiger partial charge in [-0.05, 0) is 30.7 Å². The van der Waals surface area contributed by atoms with E-state index in [0.717, 1.165) is 37.3 Å². The van der Waals surface area contributed by atoms with Gasteiger partial charge in [0.15, 0.2) is 5.65 Å². The monoisotopic (exact) mass is 426 g/mol. The number of nitrogens with one attached hydrogen (secondary N) is 1. The molecule has 1 aromatic carbocycles. The first-order valence-corrected chi connectivity index (χ1v) is 10.2. The molecule has 3 aliphatic rings. The van der Waals surface area contributed by atoms with E-state index in [-0.39, 0.29) is 24.3 Å². The Morgan fingerprint density at radius 3 is 2.77 bits per heavy atom. The fraction of sp³-hybridized carbons (Fsp3) is 0.381. The summed E-state index contributed by atoms with van der Waals surface area (Å²) in [6.45, 7) is 2.57. The number of benzene rings is 1. The molecule has 0 unspecified atom stereocenters. The van der Waals surface area contributed by atoms with Crippen molar-refractivity contribution in [2.75, 3.05) is 43.1 Å². The first-order valence-electron chi connectivity index (χ1n) is 10.2. The lowest BCUT2D eigenvalue weighted by molar-refractivity contribution is -0.0847. The third-order valence-corrected chi connectivity index (χ3v) is 6.34. The summed E-state index contributed by atoms with van der Waals surface area (Å²) in [6, 6.07) is 5.83. The first-order chi connectivity index (χ1) is 15.0. The zero-order valence-corrected chi connectivity index (χ0v) is 16.6. The quantitative estimate of drug-likeness (QED) is 0.697. The van der Waals surface area contributed by atoms with Crippen LogP contribution in [0, 0.1) is 5.82 Å². The van der Waals surface area contributed by atoms with Crippen LogP contribution in [0.25, 0.3) is 16.7 Å². The van der Waals surface area contributed by atoms with Gasteiger partial charge in [0.25, 0.3) is 0 Å². The molecule has 6 rings (SSSR count). The van der Waals surface area contributed by atoms with Crippen molar-refractivity contribution in [2.45, 2.75) is 18.1 Å². The Balaban J connectivity index is 1.27. The van der Waals surface area contributed by atoms with E-state index in [0.29, 0.717) is 11.3 Å². The maximum absolute atomic E-state index is 14.6. The van der Waals surface area contributed by atoms with E-state index in [1.807, 2.05) is 6.07 Å². The van der Waals surface area contributed by atoms with Crippen molar-refractivity contribution < 1.29 is 18.3 Å². The summed E-state index contributed by atoms with van der Waals surface area (Å²) < 4.78 is 34.4. The number of aromatic nitrogens is 3. The van der Waals surface area contributed by atoms with Crippen molar-refractivity contribution in [2.24, 2.45) is 0 Å². The molecule has 160 valence electrons. The summed E-state index contributed by atoms with van der Waals surface area (Å²) in [5.74, 6) is -0.480. The Hall–Kier alpha value is -3.27. The van der Waals surface area contributed by atoms with E-state index in [2.05, 4.69) is 20.3 Å². The van der Waals surface area contributed by atoms with Crippen LogP contribution >= 0.6 is 0 Å². The third kappa shape index (κ3) is 2.93. The van der Waals surface area contributed by atoms with Crippen LogP contribution < -0.4 is 10.2 Å². The van der Waals surface area contributed by atoms with Crippen LogP contribution in [0.1, 0.15) is 6.42 Å². The van der Waals surface area contributed by atoms with Gasteiger partial charge < -0.3 is 19.9 Å². The Labute approximate surface area is 176 Å². The molecule has 3 aromatic rings. The van der Waals surface area contributed by atoms with E-state index in [4.69, 9.17) is 4.74 Å². The van der Waals surface area contributed by atoms with Gasteiger partial charge in [-0.1, -0.05) is 0 Å². The molecular formula is C21H20F2N6O2. The lowest BCUT2D eigenvalue weighted by Crippen LogP contribution is -2.71. The van der Waals surface area contributed by atoms with Gasteiger partial charge in [0.05, 0.1) is 43.7 Å². The molecule has 31 heavy (non-hydrogen) atoms. The number of carbonyl (C=O) groups is 1. The summed E-state index contributed by atoms with van der Waals surface area (Å²) in [7, 11) is 0. The van der Waals surface area contributed by atoms with Gasteiger partial charge in [-0.2, -0.15) is 0 Å². The number of hydrogen-bond acceptors (Lipinski definition) is 5. The number of alkyl halides is 1. The molecule has 1 N–H and O–H groups in total. The molecule has 8 nitrogen and oxygen atoms in total. The highest BCUT2D eigenvalue weighted by atomic mass is 19.1. The van der Waals surface area contributed by atoms with Crippen molar-refractivity contribution in [1.82, 2.24) is 19.7 Å². The average molecular weight is 426 g/mol. The molecule has 3 fully saturated rings. The van der Waals surface area contributed by atoms with Gasteiger partial charge >= 0.3 is 6.03 Å². The Kier molecular flexibility index (Phi) is 3.95. The summed E-state index contributed by atoms with van der Waals surface area (Å²) in [6.07, 6.45) is 3.64. The zero-order chi connectivity index (χ0) is 21.2. The van der Waals surface area contributed by atoms with Crippen LogP contribution in [-0.2, 0) is 4.74 Å². The number of amides is 2. The Morgan fingerprint density at radius 1 is 1.26 bits per heavy atom. The molecule has 1 spiro atoms. The van der Waals surface area contributed by atoms with Crippen molar-refractivity contribution in [3.05, 3.63) is 42.5 Å². The second-order valence-corrected chi connectivity index (χ2v) is 8.40.